The van der Waals surface area contributed by atoms with E-state index in [1.165, 1.54) is 0 Å². The second-order valence-corrected chi connectivity index (χ2v) is 5.42. The van der Waals surface area contributed by atoms with Crippen molar-refractivity contribution >= 4 is 28.6 Å². The van der Waals surface area contributed by atoms with Gasteiger partial charge in [-0.2, -0.15) is 5.10 Å². The van der Waals surface area contributed by atoms with E-state index in [9.17, 15) is 0 Å². The second kappa shape index (κ2) is 5.06. The van der Waals surface area contributed by atoms with E-state index in [0.717, 1.165) is 5.56 Å². The number of nitrogens with two attached hydrogens (primary N) is 1. The number of nitrogens with zero attached hydrogens (tertiary/aromatic N) is 6. The summed E-state index contributed by atoms with van der Waals surface area (Å²) in [6, 6.07) is 7.24. The molecule has 0 amide bonds. The topological polar surface area (TPSA) is 87.4 Å². The summed E-state index contributed by atoms with van der Waals surface area (Å²) in [5.41, 5.74) is 7.97. The molecule has 4 aromatic heterocycles. The van der Waals surface area contributed by atoms with Crippen LogP contribution in [0.1, 0.15) is 0 Å². The predicted molar refractivity (Wildman–Crippen MR) is 88.3 cm³/mol. The zero-order valence-corrected chi connectivity index (χ0v) is 12.9. The molecule has 0 fully saturated rings. The Kier molecular flexibility index (Phi) is 3.02. The van der Waals surface area contributed by atoms with Gasteiger partial charge >= 0.3 is 0 Å². The molecule has 0 unspecified atom stereocenters. The Morgan fingerprint density at radius 1 is 1.17 bits per heavy atom. The summed E-state index contributed by atoms with van der Waals surface area (Å²) in [7, 11) is 1.87. The maximum atomic E-state index is 6.39. The summed E-state index contributed by atoms with van der Waals surface area (Å²) in [4.78, 5) is 13.3. The summed E-state index contributed by atoms with van der Waals surface area (Å²) in [5, 5.41) is 4.68. The lowest BCUT2D eigenvalue weighted by Crippen LogP contribution is -2.01. The van der Waals surface area contributed by atoms with Crippen LogP contribution in [-0.4, -0.2) is 29.3 Å². The van der Waals surface area contributed by atoms with Gasteiger partial charge in [0.1, 0.15) is 17.2 Å². The first kappa shape index (κ1) is 13.7. The standard InChI is InChI=1S/C15H12ClN7/c1-22-14(9-4-2-5-18-13(9)17)21-12-10(16)8-11(20-15(12)22)23-7-3-6-19-23/h2-8H,1H3,(H2,17,18). The van der Waals surface area contributed by atoms with E-state index in [1.54, 1.807) is 29.3 Å². The van der Waals surface area contributed by atoms with Crippen molar-refractivity contribution in [1.82, 2.24) is 29.3 Å². The van der Waals surface area contributed by atoms with Gasteiger partial charge in [-0.05, 0) is 18.2 Å². The summed E-state index contributed by atoms with van der Waals surface area (Å²) < 4.78 is 3.50. The van der Waals surface area contributed by atoms with Crippen molar-refractivity contribution in [3.05, 3.63) is 47.9 Å². The molecule has 0 bridgehead atoms. The molecule has 23 heavy (non-hydrogen) atoms. The van der Waals surface area contributed by atoms with Crippen LogP contribution in [0.5, 0.6) is 0 Å². The van der Waals surface area contributed by atoms with Crippen molar-refractivity contribution < 1.29 is 0 Å². The van der Waals surface area contributed by atoms with Gasteiger partial charge in [-0.15, -0.1) is 0 Å². The van der Waals surface area contributed by atoms with Crippen LogP contribution in [-0.2, 0) is 7.05 Å². The SMILES string of the molecule is Cn1c(-c2cccnc2N)nc2c(Cl)cc(-n3cccn3)nc21. The van der Waals surface area contributed by atoms with Crippen molar-refractivity contribution in [1.29, 1.82) is 0 Å². The number of fused-ring (bicyclic) bond motifs is 1. The maximum absolute atomic E-state index is 6.39. The van der Waals surface area contributed by atoms with Crippen molar-refractivity contribution in [3.63, 3.8) is 0 Å². The van der Waals surface area contributed by atoms with E-state index in [4.69, 9.17) is 17.3 Å². The van der Waals surface area contributed by atoms with Gasteiger partial charge in [-0.3, -0.25) is 0 Å². The predicted octanol–water partition coefficient (Wildman–Crippen LogP) is 2.45. The fourth-order valence-electron chi connectivity index (χ4n) is 2.47. The summed E-state index contributed by atoms with van der Waals surface area (Å²) in [6.45, 7) is 0. The Morgan fingerprint density at radius 2 is 2.04 bits per heavy atom. The summed E-state index contributed by atoms with van der Waals surface area (Å²) in [5.74, 6) is 1.70. The number of pyridine rings is 2. The molecule has 7 nitrogen and oxygen atoms in total. The Balaban J connectivity index is 1.98. The van der Waals surface area contributed by atoms with Gasteiger partial charge in [-0.25, -0.2) is 19.6 Å². The highest BCUT2D eigenvalue weighted by atomic mass is 35.5. The van der Waals surface area contributed by atoms with Crippen LogP contribution in [0.25, 0.3) is 28.4 Å². The zero-order valence-electron chi connectivity index (χ0n) is 12.2. The number of rotatable bonds is 2. The van der Waals surface area contributed by atoms with Crippen molar-refractivity contribution in [3.8, 4) is 17.2 Å². The van der Waals surface area contributed by atoms with Crippen molar-refractivity contribution in [2.75, 3.05) is 5.73 Å². The molecule has 0 saturated heterocycles. The number of nitrogen functional groups attached to an aromatic ring is 1. The molecule has 0 spiro atoms. The molecule has 0 aliphatic carbocycles. The van der Waals surface area contributed by atoms with Gasteiger partial charge in [0, 0.05) is 31.7 Å². The third-order valence-electron chi connectivity index (χ3n) is 3.59. The first-order valence-electron chi connectivity index (χ1n) is 6.89. The first-order valence-corrected chi connectivity index (χ1v) is 7.27. The number of imidazole rings is 1. The van der Waals surface area contributed by atoms with Crippen molar-refractivity contribution in [2.45, 2.75) is 0 Å². The zero-order chi connectivity index (χ0) is 16.0. The highest BCUT2D eigenvalue weighted by molar-refractivity contribution is 6.35. The van der Waals surface area contributed by atoms with Gasteiger partial charge in [0.05, 0.1) is 10.6 Å². The van der Waals surface area contributed by atoms with Crippen LogP contribution < -0.4 is 5.73 Å². The number of aromatic nitrogens is 6. The van der Waals surface area contributed by atoms with Crippen LogP contribution >= 0.6 is 11.6 Å². The van der Waals surface area contributed by atoms with E-state index in [-0.39, 0.29) is 0 Å². The molecule has 0 aliphatic rings. The lowest BCUT2D eigenvalue weighted by Gasteiger charge is -2.05. The number of hydrogen-bond acceptors (Lipinski definition) is 5. The Labute approximate surface area is 136 Å². The molecule has 114 valence electrons. The third-order valence-corrected chi connectivity index (χ3v) is 3.87. The number of aryl methyl sites for hydroxylation is 1. The normalized spacial score (nSPS) is 11.2. The van der Waals surface area contributed by atoms with Gasteiger partial charge in [-0.1, -0.05) is 11.6 Å². The van der Waals surface area contributed by atoms with Gasteiger partial charge in [0.25, 0.3) is 0 Å². The fraction of sp³-hybridized carbons (Fsp3) is 0.0667. The Hall–Kier alpha value is -2.93. The minimum absolute atomic E-state index is 0.411. The molecule has 2 N–H and O–H groups in total. The van der Waals surface area contributed by atoms with Crippen molar-refractivity contribution in [2.24, 2.45) is 7.05 Å². The summed E-state index contributed by atoms with van der Waals surface area (Å²) in [6.07, 6.45) is 5.13. The fourth-order valence-corrected chi connectivity index (χ4v) is 2.69. The van der Waals surface area contributed by atoms with Crippen LogP contribution in [0.4, 0.5) is 5.82 Å². The first-order chi connectivity index (χ1) is 11.1. The highest BCUT2D eigenvalue weighted by Crippen LogP contribution is 2.30. The molecule has 4 heterocycles. The van der Waals surface area contributed by atoms with E-state index in [0.29, 0.717) is 33.6 Å². The van der Waals surface area contributed by atoms with E-state index in [2.05, 4.69) is 20.1 Å². The lowest BCUT2D eigenvalue weighted by molar-refractivity contribution is 0.843. The molecule has 4 rings (SSSR count). The smallest absolute Gasteiger partial charge is 0.164 e. The largest absolute Gasteiger partial charge is 0.383 e. The maximum Gasteiger partial charge on any atom is 0.164 e. The minimum atomic E-state index is 0.411. The average Bonchev–Trinajstić information content (AvgIpc) is 3.17. The molecule has 0 saturated carbocycles. The van der Waals surface area contributed by atoms with E-state index < -0.39 is 0 Å². The number of anilines is 1. The lowest BCUT2D eigenvalue weighted by atomic mass is 10.2. The van der Waals surface area contributed by atoms with Crippen LogP contribution in [0.3, 0.4) is 0 Å². The van der Waals surface area contributed by atoms with Crippen LogP contribution in [0.2, 0.25) is 5.02 Å². The molecule has 0 radical (unpaired) electrons. The molecule has 4 aromatic rings. The van der Waals surface area contributed by atoms with Crippen LogP contribution in [0.15, 0.2) is 42.9 Å². The van der Waals surface area contributed by atoms with Gasteiger partial charge in [0.2, 0.25) is 0 Å². The molecular weight excluding hydrogens is 314 g/mol. The third kappa shape index (κ3) is 2.13. The van der Waals surface area contributed by atoms with Gasteiger partial charge < -0.3 is 10.3 Å². The molecule has 0 aromatic carbocycles. The number of halogens is 1. The quantitative estimate of drug-likeness (QED) is 0.611. The second-order valence-electron chi connectivity index (χ2n) is 5.02. The molecular formula is C15H12ClN7. The van der Waals surface area contributed by atoms with E-state index >= 15 is 0 Å². The minimum Gasteiger partial charge on any atom is -0.383 e. The number of hydrogen-bond donors (Lipinski definition) is 1. The van der Waals surface area contributed by atoms with Gasteiger partial charge in [0.15, 0.2) is 11.5 Å². The molecule has 0 atom stereocenters. The average molecular weight is 326 g/mol. The monoisotopic (exact) mass is 325 g/mol. The van der Waals surface area contributed by atoms with Crippen LogP contribution in [0, 0.1) is 0 Å². The molecule has 0 aliphatic heterocycles. The molecule has 8 heteroatoms. The Bertz CT molecular complexity index is 1000. The Morgan fingerprint density at radius 3 is 2.78 bits per heavy atom. The van der Waals surface area contributed by atoms with E-state index in [1.807, 2.05) is 29.8 Å². The summed E-state index contributed by atoms with van der Waals surface area (Å²) >= 11 is 6.39. The highest BCUT2D eigenvalue weighted by Gasteiger charge is 2.17.